The molecule has 0 unspecified atom stereocenters. The van der Waals surface area contributed by atoms with E-state index in [2.05, 4.69) is 62.2 Å². The van der Waals surface area contributed by atoms with Crippen LogP contribution in [0, 0.1) is 0 Å². The fourth-order valence-electron chi connectivity index (χ4n) is 3.29. The van der Waals surface area contributed by atoms with Crippen molar-refractivity contribution in [2.75, 3.05) is 26.2 Å². The van der Waals surface area contributed by atoms with Gasteiger partial charge in [0.2, 0.25) is 0 Å². The number of benzene rings is 1. The third-order valence-electron chi connectivity index (χ3n) is 4.37. The van der Waals surface area contributed by atoms with E-state index in [1.54, 1.807) is 5.56 Å². The van der Waals surface area contributed by atoms with Gasteiger partial charge in [-0.05, 0) is 18.1 Å². The predicted molar refractivity (Wildman–Crippen MR) is 103 cm³/mol. The van der Waals surface area contributed by atoms with Crippen molar-refractivity contribution in [3.8, 4) is 0 Å². The number of nitrogens with one attached hydrogen (secondary N) is 1. The molecule has 130 valence electrons. The van der Waals surface area contributed by atoms with Crippen molar-refractivity contribution >= 4 is 11.8 Å². The Balaban J connectivity index is 2.22. The fraction of sp³-hybridized carbons (Fsp3) is 0.700. The van der Waals surface area contributed by atoms with Gasteiger partial charge in [0.05, 0.1) is 0 Å². The van der Waals surface area contributed by atoms with Crippen LogP contribution in [0.15, 0.2) is 29.2 Å². The van der Waals surface area contributed by atoms with Crippen LogP contribution < -0.4 is 5.32 Å². The van der Waals surface area contributed by atoms with Gasteiger partial charge >= 0.3 is 0 Å². The lowest BCUT2D eigenvalue weighted by atomic mass is 9.98. The van der Waals surface area contributed by atoms with E-state index in [9.17, 15) is 0 Å². The Bertz CT molecular complexity index is 461. The average Bonchev–Trinajstić information content (AvgIpc) is 2.52. The molecule has 1 aromatic carbocycles. The summed E-state index contributed by atoms with van der Waals surface area (Å²) in [5.41, 5.74) is 1.55. The molecule has 1 fully saturated rings. The van der Waals surface area contributed by atoms with E-state index in [0.717, 1.165) is 13.1 Å². The van der Waals surface area contributed by atoms with E-state index in [4.69, 9.17) is 0 Å². The number of unbranched alkanes of at least 4 members (excludes halogenated alkanes) is 2. The topological polar surface area (TPSA) is 15.3 Å². The Labute approximate surface area is 147 Å². The zero-order valence-corrected chi connectivity index (χ0v) is 16.2. The van der Waals surface area contributed by atoms with Crippen LogP contribution in [-0.4, -0.2) is 35.8 Å². The van der Waals surface area contributed by atoms with E-state index < -0.39 is 0 Å². The van der Waals surface area contributed by atoms with Crippen molar-refractivity contribution in [2.45, 2.75) is 69.1 Å². The molecule has 23 heavy (non-hydrogen) atoms. The molecule has 0 aromatic heterocycles. The first-order valence-electron chi connectivity index (χ1n) is 9.24. The highest BCUT2D eigenvalue weighted by Gasteiger charge is 2.25. The van der Waals surface area contributed by atoms with Crippen molar-refractivity contribution in [3.63, 3.8) is 0 Å². The molecule has 0 amide bonds. The largest absolute Gasteiger partial charge is 0.314 e. The number of piperazine rings is 1. The first-order chi connectivity index (χ1) is 11.0. The summed E-state index contributed by atoms with van der Waals surface area (Å²) in [6.07, 6.45) is 5.26. The van der Waals surface area contributed by atoms with Crippen LogP contribution in [0.25, 0.3) is 0 Å². The minimum absolute atomic E-state index is 0.257. The molecule has 2 rings (SSSR count). The maximum Gasteiger partial charge on any atom is 0.0360 e. The number of rotatable bonds is 7. The molecule has 1 aliphatic rings. The third-order valence-corrected chi connectivity index (χ3v) is 5.57. The maximum atomic E-state index is 3.49. The van der Waals surface area contributed by atoms with Crippen molar-refractivity contribution in [1.82, 2.24) is 10.2 Å². The molecule has 0 spiro atoms. The van der Waals surface area contributed by atoms with E-state index in [-0.39, 0.29) is 4.75 Å². The number of hydrogen-bond donors (Lipinski definition) is 1. The molecule has 1 saturated heterocycles. The second kappa shape index (κ2) is 9.10. The molecular weight excluding hydrogens is 300 g/mol. The Morgan fingerprint density at radius 1 is 1.13 bits per heavy atom. The van der Waals surface area contributed by atoms with Gasteiger partial charge in [0.1, 0.15) is 0 Å². The zero-order valence-electron chi connectivity index (χ0n) is 15.4. The molecule has 0 saturated carbocycles. The molecular formula is C20H34N2S. The van der Waals surface area contributed by atoms with Gasteiger partial charge in [0, 0.05) is 41.9 Å². The van der Waals surface area contributed by atoms with Gasteiger partial charge < -0.3 is 5.32 Å². The SMILES string of the molecule is CCCCC[C@@H](c1ccccc1SC(C)(C)C)N1CCNCC1. The average molecular weight is 335 g/mol. The van der Waals surface area contributed by atoms with Gasteiger partial charge in [-0.25, -0.2) is 0 Å². The van der Waals surface area contributed by atoms with Crippen molar-refractivity contribution < 1.29 is 0 Å². The summed E-state index contributed by atoms with van der Waals surface area (Å²) in [6, 6.07) is 9.68. The fourth-order valence-corrected chi connectivity index (χ4v) is 4.42. The third kappa shape index (κ3) is 6.13. The van der Waals surface area contributed by atoms with Gasteiger partial charge in [0.25, 0.3) is 0 Å². The van der Waals surface area contributed by atoms with Crippen LogP contribution in [0.1, 0.15) is 65.0 Å². The predicted octanol–water partition coefficient (Wildman–Crippen LogP) is 5.10. The highest BCUT2D eigenvalue weighted by Crippen LogP contribution is 2.39. The molecule has 1 aliphatic heterocycles. The van der Waals surface area contributed by atoms with Crippen LogP contribution in [-0.2, 0) is 0 Å². The summed E-state index contributed by atoms with van der Waals surface area (Å²) in [4.78, 5) is 4.17. The summed E-state index contributed by atoms with van der Waals surface area (Å²) in [5.74, 6) is 0. The molecule has 0 aliphatic carbocycles. The lowest BCUT2D eigenvalue weighted by Crippen LogP contribution is -2.45. The molecule has 1 N–H and O–H groups in total. The molecule has 1 aromatic rings. The smallest absolute Gasteiger partial charge is 0.0360 e. The summed E-state index contributed by atoms with van der Waals surface area (Å²) in [5, 5.41) is 3.49. The normalized spacial score (nSPS) is 18.1. The highest BCUT2D eigenvalue weighted by molar-refractivity contribution is 8.00. The van der Waals surface area contributed by atoms with Crippen LogP contribution in [0.2, 0.25) is 0 Å². The van der Waals surface area contributed by atoms with Crippen LogP contribution in [0.3, 0.4) is 0 Å². The Morgan fingerprint density at radius 3 is 2.48 bits per heavy atom. The van der Waals surface area contributed by atoms with E-state index in [0.29, 0.717) is 6.04 Å². The first kappa shape index (κ1) is 18.8. The summed E-state index contributed by atoms with van der Waals surface area (Å²) >= 11 is 2.02. The second-order valence-electron chi connectivity index (χ2n) is 7.55. The second-order valence-corrected chi connectivity index (χ2v) is 9.42. The minimum atomic E-state index is 0.257. The summed E-state index contributed by atoms with van der Waals surface area (Å²) < 4.78 is 0.257. The van der Waals surface area contributed by atoms with E-state index in [1.165, 1.54) is 43.7 Å². The Hall–Kier alpha value is -0.510. The van der Waals surface area contributed by atoms with Crippen LogP contribution >= 0.6 is 11.8 Å². The van der Waals surface area contributed by atoms with Crippen molar-refractivity contribution in [3.05, 3.63) is 29.8 Å². The Kier molecular flexibility index (Phi) is 7.45. The standard InChI is InChI=1S/C20H34N2S/c1-5-6-7-11-18(22-15-13-21-14-16-22)17-10-8-9-12-19(17)23-20(2,3)4/h8-10,12,18,21H,5-7,11,13-16H2,1-4H3/t18-/m0/s1. The lowest BCUT2D eigenvalue weighted by Gasteiger charge is -2.36. The number of hydrogen-bond acceptors (Lipinski definition) is 3. The van der Waals surface area contributed by atoms with Gasteiger partial charge in [0.15, 0.2) is 0 Å². The zero-order chi connectivity index (χ0) is 16.7. The van der Waals surface area contributed by atoms with Gasteiger partial charge in [-0.1, -0.05) is 65.2 Å². The highest BCUT2D eigenvalue weighted by atomic mass is 32.2. The molecule has 3 heteroatoms. The number of nitrogens with zero attached hydrogens (tertiary/aromatic N) is 1. The molecule has 0 bridgehead atoms. The van der Waals surface area contributed by atoms with Gasteiger partial charge in [-0.2, -0.15) is 0 Å². The number of thioether (sulfide) groups is 1. The monoisotopic (exact) mass is 334 g/mol. The summed E-state index contributed by atoms with van der Waals surface area (Å²) in [7, 11) is 0. The van der Waals surface area contributed by atoms with Crippen molar-refractivity contribution in [2.24, 2.45) is 0 Å². The lowest BCUT2D eigenvalue weighted by molar-refractivity contribution is 0.161. The van der Waals surface area contributed by atoms with E-state index >= 15 is 0 Å². The van der Waals surface area contributed by atoms with Gasteiger partial charge in [-0.3, -0.25) is 4.90 Å². The quantitative estimate of drug-likeness (QED) is 0.551. The van der Waals surface area contributed by atoms with Gasteiger partial charge in [-0.15, -0.1) is 11.8 Å². The maximum absolute atomic E-state index is 3.49. The first-order valence-corrected chi connectivity index (χ1v) is 10.1. The van der Waals surface area contributed by atoms with E-state index in [1.807, 2.05) is 11.8 Å². The molecule has 2 nitrogen and oxygen atoms in total. The van der Waals surface area contributed by atoms with Crippen LogP contribution in [0.5, 0.6) is 0 Å². The minimum Gasteiger partial charge on any atom is -0.314 e. The Morgan fingerprint density at radius 2 is 1.83 bits per heavy atom. The molecule has 0 radical (unpaired) electrons. The summed E-state index contributed by atoms with van der Waals surface area (Å²) in [6.45, 7) is 13.8. The van der Waals surface area contributed by atoms with Crippen LogP contribution in [0.4, 0.5) is 0 Å². The molecule has 1 atom stereocenters. The van der Waals surface area contributed by atoms with Crippen molar-refractivity contribution in [1.29, 1.82) is 0 Å². The molecule has 1 heterocycles.